The van der Waals surface area contributed by atoms with Gasteiger partial charge < -0.3 is 0 Å². The summed E-state index contributed by atoms with van der Waals surface area (Å²) in [5.41, 5.74) is 1.03. The van der Waals surface area contributed by atoms with Gasteiger partial charge in [-0.05, 0) is 18.6 Å². The van der Waals surface area contributed by atoms with E-state index in [0.717, 1.165) is 36.7 Å². The van der Waals surface area contributed by atoms with Crippen LogP contribution in [-0.2, 0) is 0 Å². The number of fused-ring (bicyclic) bond motifs is 3. The van der Waals surface area contributed by atoms with Crippen molar-refractivity contribution in [2.24, 2.45) is 4.99 Å². The van der Waals surface area contributed by atoms with Crippen molar-refractivity contribution in [2.75, 3.05) is 25.0 Å². The number of hydrogen-bond acceptors (Lipinski definition) is 3. The van der Waals surface area contributed by atoms with Gasteiger partial charge in [0.2, 0.25) is 5.96 Å². The zero-order chi connectivity index (χ0) is 11.1. The number of aromatic nitrogens is 1. The summed E-state index contributed by atoms with van der Waals surface area (Å²) in [7, 11) is 1.87. The molecular formula is C11H13N5. The highest BCUT2D eigenvalue weighted by Crippen LogP contribution is 2.26. The van der Waals surface area contributed by atoms with E-state index in [1.54, 1.807) is 11.1 Å². The van der Waals surface area contributed by atoms with Gasteiger partial charge in [-0.3, -0.25) is 20.2 Å². The SMILES string of the molecule is CN1C(=N)N2CCCN=C2c2cccnc21. The number of pyridine rings is 1. The molecule has 0 radical (unpaired) electrons. The predicted octanol–water partition coefficient (Wildman–Crippen LogP) is 0.918. The molecule has 16 heavy (non-hydrogen) atoms. The number of hydrogen-bond donors (Lipinski definition) is 1. The number of aliphatic imine (C=N–C) groups is 1. The van der Waals surface area contributed by atoms with E-state index in [0.29, 0.717) is 5.96 Å². The minimum absolute atomic E-state index is 0.463. The third kappa shape index (κ3) is 1.14. The van der Waals surface area contributed by atoms with Crippen molar-refractivity contribution in [3.05, 3.63) is 23.9 Å². The molecule has 0 saturated carbocycles. The second kappa shape index (κ2) is 3.30. The van der Waals surface area contributed by atoms with Crippen molar-refractivity contribution in [1.82, 2.24) is 9.88 Å². The number of nitrogens with zero attached hydrogens (tertiary/aromatic N) is 4. The van der Waals surface area contributed by atoms with Crippen molar-refractivity contribution in [2.45, 2.75) is 6.42 Å². The molecule has 0 amide bonds. The van der Waals surface area contributed by atoms with Crippen molar-refractivity contribution in [3.8, 4) is 0 Å². The highest BCUT2D eigenvalue weighted by Gasteiger charge is 2.32. The van der Waals surface area contributed by atoms with E-state index in [9.17, 15) is 0 Å². The molecule has 2 aliphatic rings. The lowest BCUT2D eigenvalue weighted by molar-refractivity contribution is 0.532. The molecular weight excluding hydrogens is 202 g/mol. The van der Waals surface area contributed by atoms with Crippen LogP contribution < -0.4 is 4.90 Å². The van der Waals surface area contributed by atoms with Gasteiger partial charge in [-0.25, -0.2) is 4.98 Å². The molecule has 0 unspecified atom stereocenters. The first-order valence-electron chi connectivity index (χ1n) is 5.38. The zero-order valence-corrected chi connectivity index (χ0v) is 9.14. The topological polar surface area (TPSA) is 55.6 Å². The Labute approximate surface area is 93.9 Å². The Hall–Kier alpha value is -1.91. The van der Waals surface area contributed by atoms with Gasteiger partial charge in [0.25, 0.3) is 0 Å². The normalized spacial score (nSPS) is 19.1. The molecule has 1 aromatic heterocycles. The Morgan fingerprint density at radius 1 is 1.44 bits per heavy atom. The molecule has 0 bridgehead atoms. The molecule has 0 atom stereocenters. The fraction of sp³-hybridized carbons (Fsp3) is 0.364. The molecule has 2 aliphatic heterocycles. The van der Waals surface area contributed by atoms with E-state index in [1.165, 1.54) is 0 Å². The van der Waals surface area contributed by atoms with Gasteiger partial charge in [-0.1, -0.05) is 0 Å². The van der Waals surface area contributed by atoms with Gasteiger partial charge in [0.05, 0.1) is 5.56 Å². The first-order valence-corrected chi connectivity index (χ1v) is 5.38. The van der Waals surface area contributed by atoms with E-state index < -0.39 is 0 Å². The van der Waals surface area contributed by atoms with Crippen LogP contribution in [0.2, 0.25) is 0 Å². The third-order valence-corrected chi connectivity index (χ3v) is 2.98. The van der Waals surface area contributed by atoms with E-state index in [-0.39, 0.29) is 0 Å². The van der Waals surface area contributed by atoms with Crippen LogP contribution in [0.25, 0.3) is 0 Å². The highest BCUT2D eigenvalue weighted by atomic mass is 15.4. The van der Waals surface area contributed by atoms with Crippen LogP contribution in [0.3, 0.4) is 0 Å². The molecule has 5 heteroatoms. The van der Waals surface area contributed by atoms with Gasteiger partial charge in [-0.2, -0.15) is 0 Å². The minimum Gasteiger partial charge on any atom is -0.299 e. The fourth-order valence-electron chi connectivity index (χ4n) is 2.16. The van der Waals surface area contributed by atoms with Crippen molar-refractivity contribution in [3.63, 3.8) is 0 Å². The molecule has 0 saturated heterocycles. The molecule has 0 aliphatic carbocycles. The lowest BCUT2D eigenvalue weighted by Crippen LogP contribution is -2.52. The maximum Gasteiger partial charge on any atom is 0.204 e. The monoisotopic (exact) mass is 215 g/mol. The predicted molar refractivity (Wildman–Crippen MR) is 63.1 cm³/mol. The number of guanidine groups is 1. The number of nitrogens with one attached hydrogen (secondary N) is 1. The van der Waals surface area contributed by atoms with Crippen molar-refractivity contribution >= 4 is 17.6 Å². The summed E-state index contributed by atoms with van der Waals surface area (Å²) in [6.07, 6.45) is 2.76. The maximum atomic E-state index is 8.08. The van der Waals surface area contributed by atoms with Gasteiger partial charge in [0.15, 0.2) is 0 Å². The third-order valence-electron chi connectivity index (χ3n) is 2.98. The average molecular weight is 215 g/mol. The van der Waals surface area contributed by atoms with Crippen LogP contribution >= 0.6 is 0 Å². The Bertz CT molecular complexity index is 479. The van der Waals surface area contributed by atoms with Gasteiger partial charge in [0, 0.05) is 26.3 Å². The van der Waals surface area contributed by atoms with E-state index in [1.807, 2.05) is 24.1 Å². The molecule has 82 valence electrons. The molecule has 0 spiro atoms. The zero-order valence-electron chi connectivity index (χ0n) is 9.14. The Kier molecular flexibility index (Phi) is 1.92. The minimum atomic E-state index is 0.463. The van der Waals surface area contributed by atoms with E-state index >= 15 is 0 Å². The first-order chi connectivity index (χ1) is 7.79. The smallest absolute Gasteiger partial charge is 0.204 e. The second-order valence-corrected chi connectivity index (χ2v) is 3.97. The van der Waals surface area contributed by atoms with E-state index in [4.69, 9.17) is 5.41 Å². The Morgan fingerprint density at radius 2 is 2.31 bits per heavy atom. The first kappa shape index (κ1) is 9.33. The fourth-order valence-corrected chi connectivity index (χ4v) is 2.16. The Morgan fingerprint density at radius 3 is 3.19 bits per heavy atom. The lowest BCUT2D eigenvalue weighted by atomic mass is 10.1. The number of rotatable bonds is 0. The summed E-state index contributed by atoms with van der Waals surface area (Å²) in [5.74, 6) is 2.19. The summed E-state index contributed by atoms with van der Waals surface area (Å²) in [6, 6.07) is 3.93. The molecule has 5 nitrogen and oxygen atoms in total. The van der Waals surface area contributed by atoms with Crippen LogP contribution in [0.4, 0.5) is 5.82 Å². The standard InChI is InChI=1S/C11H13N5/c1-15-9-8(4-2-5-13-9)10-14-6-3-7-16(10)11(15)12/h2,4-5,12H,3,6-7H2,1H3. The van der Waals surface area contributed by atoms with Crippen molar-refractivity contribution in [1.29, 1.82) is 5.41 Å². The van der Waals surface area contributed by atoms with Gasteiger partial charge in [0.1, 0.15) is 11.7 Å². The van der Waals surface area contributed by atoms with Crippen LogP contribution in [0.15, 0.2) is 23.3 Å². The molecule has 0 aromatic carbocycles. The van der Waals surface area contributed by atoms with Gasteiger partial charge >= 0.3 is 0 Å². The Balaban J connectivity index is 2.21. The molecule has 1 N–H and O–H groups in total. The van der Waals surface area contributed by atoms with Crippen LogP contribution in [0.1, 0.15) is 12.0 Å². The summed E-state index contributed by atoms with van der Waals surface area (Å²) < 4.78 is 0. The largest absolute Gasteiger partial charge is 0.299 e. The second-order valence-electron chi connectivity index (χ2n) is 3.97. The summed E-state index contributed by atoms with van der Waals surface area (Å²) in [5, 5.41) is 8.08. The van der Waals surface area contributed by atoms with Crippen LogP contribution in [0.5, 0.6) is 0 Å². The van der Waals surface area contributed by atoms with Gasteiger partial charge in [-0.15, -0.1) is 0 Å². The molecule has 3 rings (SSSR count). The lowest BCUT2D eigenvalue weighted by Gasteiger charge is -2.38. The van der Waals surface area contributed by atoms with Crippen molar-refractivity contribution < 1.29 is 0 Å². The summed E-state index contributed by atoms with van der Waals surface area (Å²) in [4.78, 5) is 12.6. The van der Waals surface area contributed by atoms with Crippen LogP contribution in [-0.4, -0.2) is 41.8 Å². The summed E-state index contributed by atoms with van der Waals surface area (Å²) in [6.45, 7) is 1.72. The highest BCUT2D eigenvalue weighted by molar-refractivity contribution is 6.19. The number of anilines is 1. The molecule has 1 aromatic rings. The van der Waals surface area contributed by atoms with E-state index in [2.05, 4.69) is 9.98 Å². The number of amidine groups is 1. The summed E-state index contributed by atoms with van der Waals surface area (Å²) >= 11 is 0. The average Bonchev–Trinajstić information content (AvgIpc) is 2.36. The molecule has 3 heterocycles. The quantitative estimate of drug-likeness (QED) is 0.700. The van der Waals surface area contributed by atoms with Crippen LogP contribution in [0, 0.1) is 5.41 Å². The molecule has 0 fully saturated rings. The maximum absolute atomic E-state index is 8.08.